The van der Waals surface area contributed by atoms with Crippen molar-refractivity contribution in [3.8, 4) is 0 Å². The van der Waals surface area contributed by atoms with Crippen molar-refractivity contribution in [1.82, 2.24) is 20.6 Å². The number of hydrogen-bond donors (Lipinski definition) is 2. The number of rotatable bonds is 6. The molecule has 3 rings (SSSR count). The van der Waals surface area contributed by atoms with Gasteiger partial charge in [0.2, 0.25) is 5.89 Å². The fourth-order valence-corrected chi connectivity index (χ4v) is 3.01. The van der Waals surface area contributed by atoms with E-state index in [1.807, 2.05) is 27.0 Å². The van der Waals surface area contributed by atoms with Gasteiger partial charge in [-0.15, -0.1) is 0 Å². The minimum Gasteiger partial charge on any atom is -0.444 e. The zero-order valence-corrected chi connectivity index (χ0v) is 17.2. The fraction of sp³-hybridized carbons (Fsp3) is 0.550. The molecule has 3 heterocycles. The first kappa shape index (κ1) is 20.1. The summed E-state index contributed by atoms with van der Waals surface area (Å²) in [5.41, 5.74) is 1.98. The van der Waals surface area contributed by atoms with E-state index in [1.165, 1.54) is 0 Å². The Morgan fingerprint density at radius 1 is 1.32 bits per heavy atom. The Labute approximate surface area is 166 Å². The molecule has 1 unspecified atom stereocenters. The highest BCUT2D eigenvalue weighted by atomic mass is 16.5. The highest BCUT2D eigenvalue weighted by Crippen LogP contribution is 2.15. The molecule has 2 aromatic heterocycles. The molecule has 0 saturated carbocycles. The minimum absolute atomic E-state index is 0.241. The van der Waals surface area contributed by atoms with Crippen molar-refractivity contribution >= 4 is 11.8 Å². The summed E-state index contributed by atoms with van der Waals surface area (Å²) in [5, 5.41) is 6.50. The smallest absolute Gasteiger partial charge is 0.214 e. The lowest BCUT2D eigenvalue weighted by molar-refractivity contribution is 0.0529. The van der Waals surface area contributed by atoms with Crippen LogP contribution in [0.4, 0.5) is 5.82 Å². The standard InChI is InChI=1S/C20H30N6O2/c1-5-21-20(24-12-19-25-15(3)16(4)28-19)23-11-17-6-7-18(22-10-17)26-8-9-27-14(2)13-26/h6-7,10,14H,5,8-9,11-13H2,1-4H3,(H2,21,23,24). The number of oxazole rings is 1. The number of aryl methyl sites for hydroxylation is 2. The van der Waals surface area contributed by atoms with Crippen molar-refractivity contribution in [3.63, 3.8) is 0 Å². The van der Waals surface area contributed by atoms with Crippen molar-refractivity contribution in [2.75, 3.05) is 31.1 Å². The van der Waals surface area contributed by atoms with Crippen molar-refractivity contribution in [2.45, 2.75) is 46.9 Å². The number of pyridine rings is 1. The molecule has 1 saturated heterocycles. The van der Waals surface area contributed by atoms with Crippen LogP contribution in [0.1, 0.15) is 36.8 Å². The molecule has 8 heteroatoms. The van der Waals surface area contributed by atoms with Gasteiger partial charge in [-0.1, -0.05) is 6.07 Å². The summed E-state index contributed by atoms with van der Waals surface area (Å²) in [7, 11) is 0. The van der Waals surface area contributed by atoms with E-state index in [0.29, 0.717) is 19.0 Å². The zero-order valence-electron chi connectivity index (χ0n) is 17.2. The predicted octanol–water partition coefficient (Wildman–Crippen LogP) is 2.17. The quantitative estimate of drug-likeness (QED) is 0.581. The van der Waals surface area contributed by atoms with Crippen LogP contribution < -0.4 is 15.5 Å². The average Bonchev–Trinajstić information content (AvgIpc) is 3.02. The van der Waals surface area contributed by atoms with Crippen molar-refractivity contribution in [1.29, 1.82) is 0 Å². The Morgan fingerprint density at radius 2 is 2.18 bits per heavy atom. The second-order valence-electron chi connectivity index (χ2n) is 6.95. The number of anilines is 1. The molecule has 0 amide bonds. The van der Waals surface area contributed by atoms with Gasteiger partial charge in [-0.2, -0.15) is 0 Å². The Kier molecular flexibility index (Phi) is 6.86. The van der Waals surface area contributed by atoms with Gasteiger partial charge in [-0.25, -0.2) is 15.0 Å². The topological polar surface area (TPSA) is 87.8 Å². The van der Waals surface area contributed by atoms with Crippen LogP contribution in [0.25, 0.3) is 0 Å². The van der Waals surface area contributed by atoms with Gasteiger partial charge < -0.3 is 24.7 Å². The molecule has 2 N–H and O–H groups in total. The first-order chi connectivity index (χ1) is 13.5. The summed E-state index contributed by atoms with van der Waals surface area (Å²) >= 11 is 0. The minimum atomic E-state index is 0.241. The van der Waals surface area contributed by atoms with Gasteiger partial charge in [0.1, 0.15) is 11.6 Å². The van der Waals surface area contributed by atoms with Gasteiger partial charge in [0, 0.05) is 25.8 Å². The van der Waals surface area contributed by atoms with Gasteiger partial charge in [0.15, 0.2) is 5.96 Å². The summed E-state index contributed by atoms with van der Waals surface area (Å²) in [4.78, 5) is 15.9. The molecule has 152 valence electrons. The van der Waals surface area contributed by atoms with Gasteiger partial charge in [0.05, 0.1) is 31.5 Å². The van der Waals surface area contributed by atoms with Crippen LogP contribution in [-0.2, 0) is 17.8 Å². The van der Waals surface area contributed by atoms with Crippen LogP contribution in [0.2, 0.25) is 0 Å². The number of nitrogens with one attached hydrogen (secondary N) is 2. The Hall–Kier alpha value is -2.61. The Morgan fingerprint density at radius 3 is 2.82 bits per heavy atom. The molecule has 0 spiro atoms. The number of morpholine rings is 1. The van der Waals surface area contributed by atoms with E-state index in [-0.39, 0.29) is 6.10 Å². The summed E-state index contributed by atoms with van der Waals surface area (Å²) in [6.07, 6.45) is 2.13. The number of ether oxygens (including phenoxy) is 1. The maximum absolute atomic E-state index is 5.60. The molecule has 2 aromatic rings. The maximum Gasteiger partial charge on any atom is 0.214 e. The summed E-state index contributed by atoms with van der Waals surface area (Å²) in [6.45, 7) is 12.3. The maximum atomic E-state index is 5.60. The third-order valence-electron chi connectivity index (χ3n) is 4.62. The molecule has 1 aliphatic rings. The van der Waals surface area contributed by atoms with Gasteiger partial charge in [0.25, 0.3) is 0 Å². The largest absolute Gasteiger partial charge is 0.444 e. The monoisotopic (exact) mass is 386 g/mol. The van der Waals surface area contributed by atoms with Crippen LogP contribution in [0.5, 0.6) is 0 Å². The lowest BCUT2D eigenvalue weighted by Crippen LogP contribution is -2.41. The van der Waals surface area contributed by atoms with E-state index in [4.69, 9.17) is 9.15 Å². The van der Waals surface area contributed by atoms with Crippen LogP contribution in [0.3, 0.4) is 0 Å². The fourth-order valence-electron chi connectivity index (χ4n) is 3.01. The predicted molar refractivity (Wildman–Crippen MR) is 109 cm³/mol. The van der Waals surface area contributed by atoms with E-state index in [2.05, 4.69) is 49.6 Å². The third-order valence-corrected chi connectivity index (χ3v) is 4.62. The van der Waals surface area contributed by atoms with Crippen LogP contribution in [0, 0.1) is 13.8 Å². The summed E-state index contributed by atoms with van der Waals surface area (Å²) < 4.78 is 11.2. The van der Waals surface area contributed by atoms with Crippen molar-refractivity contribution in [2.24, 2.45) is 4.99 Å². The molecule has 28 heavy (non-hydrogen) atoms. The molecular weight excluding hydrogens is 356 g/mol. The highest BCUT2D eigenvalue weighted by Gasteiger charge is 2.17. The molecule has 1 fully saturated rings. The van der Waals surface area contributed by atoms with Gasteiger partial charge >= 0.3 is 0 Å². The lowest BCUT2D eigenvalue weighted by Gasteiger charge is -2.32. The van der Waals surface area contributed by atoms with E-state index >= 15 is 0 Å². The molecule has 1 aliphatic heterocycles. The van der Waals surface area contributed by atoms with Crippen molar-refractivity contribution < 1.29 is 9.15 Å². The first-order valence-corrected chi connectivity index (χ1v) is 9.81. The van der Waals surface area contributed by atoms with Crippen molar-refractivity contribution in [3.05, 3.63) is 41.2 Å². The Bertz CT molecular complexity index is 767. The van der Waals surface area contributed by atoms with Gasteiger partial charge in [-0.05, 0) is 39.3 Å². The second kappa shape index (κ2) is 9.54. The second-order valence-corrected chi connectivity index (χ2v) is 6.95. The van der Waals surface area contributed by atoms with E-state index in [1.54, 1.807) is 0 Å². The molecule has 8 nitrogen and oxygen atoms in total. The number of hydrogen-bond acceptors (Lipinski definition) is 6. The average molecular weight is 387 g/mol. The van der Waals surface area contributed by atoms with E-state index in [9.17, 15) is 0 Å². The van der Waals surface area contributed by atoms with Crippen LogP contribution in [0.15, 0.2) is 27.7 Å². The molecule has 0 aliphatic carbocycles. The van der Waals surface area contributed by atoms with Gasteiger partial charge in [-0.3, -0.25) is 0 Å². The Balaban J connectivity index is 1.57. The lowest BCUT2D eigenvalue weighted by atomic mass is 10.2. The number of aliphatic imine (C=N–C) groups is 1. The van der Waals surface area contributed by atoms with E-state index < -0.39 is 0 Å². The third kappa shape index (κ3) is 5.45. The number of nitrogens with zero attached hydrogens (tertiary/aromatic N) is 4. The summed E-state index contributed by atoms with van der Waals surface area (Å²) in [5.74, 6) is 3.22. The molecular formula is C20H30N6O2. The number of guanidine groups is 1. The first-order valence-electron chi connectivity index (χ1n) is 9.81. The van der Waals surface area contributed by atoms with E-state index in [0.717, 1.165) is 55.0 Å². The van der Waals surface area contributed by atoms with Crippen LogP contribution >= 0.6 is 0 Å². The molecule has 1 atom stereocenters. The molecule has 0 bridgehead atoms. The summed E-state index contributed by atoms with van der Waals surface area (Å²) in [6, 6.07) is 4.14. The SMILES string of the molecule is CCNC(=NCc1ccc(N2CCOC(C)C2)nc1)NCc1nc(C)c(C)o1. The highest BCUT2D eigenvalue weighted by molar-refractivity contribution is 5.79. The number of aromatic nitrogens is 2. The molecule has 0 radical (unpaired) electrons. The zero-order chi connectivity index (χ0) is 19.9. The van der Waals surface area contributed by atoms with Crippen LogP contribution in [-0.4, -0.2) is 48.3 Å². The normalized spacial score (nSPS) is 17.6. The molecule has 0 aromatic carbocycles.